The van der Waals surface area contributed by atoms with Crippen LogP contribution in [0.2, 0.25) is 0 Å². The van der Waals surface area contributed by atoms with E-state index in [-0.39, 0.29) is 24.1 Å². The number of fused-ring (bicyclic) bond motifs is 1. The lowest BCUT2D eigenvalue weighted by Gasteiger charge is -2.26. The number of nitrogens with zero attached hydrogens (tertiary/aromatic N) is 4. The highest BCUT2D eigenvalue weighted by Gasteiger charge is 2.20. The molecule has 0 radical (unpaired) electrons. The molecule has 0 spiro atoms. The van der Waals surface area contributed by atoms with E-state index in [0.717, 1.165) is 11.4 Å². The van der Waals surface area contributed by atoms with Gasteiger partial charge in [0.2, 0.25) is 0 Å². The molecule has 0 bridgehead atoms. The molecule has 0 aliphatic heterocycles. The molecule has 0 unspecified atom stereocenters. The lowest BCUT2D eigenvalue weighted by Crippen LogP contribution is -2.37. The second kappa shape index (κ2) is 7.94. The summed E-state index contributed by atoms with van der Waals surface area (Å²) in [6.45, 7) is 6.08. The zero-order valence-electron chi connectivity index (χ0n) is 17.2. The highest BCUT2D eigenvalue weighted by atomic mass is 16.2. The number of rotatable bonds is 5. The Labute approximate surface area is 174 Å². The van der Waals surface area contributed by atoms with Crippen molar-refractivity contribution >= 4 is 16.8 Å². The van der Waals surface area contributed by atoms with Crippen LogP contribution in [-0.2, 0) is 6.54 Å². The number of aromatic amines is 1. The third kappa shape index (κ3) is 3.74. The first-order valence-corrected chi connectivity index (χ1v) is 9.84. The van der Waals surface area contributed by atoms with Gasteiger partial charge >= 0.3 is 0 Å². The van der Waals surface area contributed by atoms with Crippen molar-refractivity contribution in [2.45, 2.75) is 33.4 Å². The number of carbonyl (C=O) groups is 1. The Morgan fingerprint density at radius 1 is 1.10 bits per heavy atom. The number of aromatic nitrogens is 4. The van der Waals surface area contributed by atoms with Crippen LogP contribution in [0, 0.1) is 6.92 Å². The number of carbonyl (C=O) groups excluding carboxylic acids is 1. The molecule has 2 aromatic heterocycles. The molecule has 4 aromatic rings. The molecule has 152 valence electrons. The molecule has 0 aliphatic carbocycles. The molecule has 0 atom stereocenters. The van der Waals surface area contributed by atoms with Gasteiger partial charge in [0.15, 0.2) is 0 Å². The van der Waals surface area contributed by atoms with E-state index in [9.17, 15) is 9.59 Å². The van der Waals surface area contributed by atoms with Crippen molar-refractivity contribution in [2.24, 2.45) is 0 Å². The Kier molecular flexibility index (Phi) is 5.18. The van der Waals surface area contributed by atoms with E-state index in [2.05, 4.69) is 15.1 Å². The monoisotopic (exact) mass is 401 g/mol. The molecule has 7 heteroatoms. The number of para-hydroxylation sites is 1. The van der Waals surface area contributed by atoms with Gasteiger partial charge in [-0.1, -0.05) is 12.1 Å². The first-order chi connectivity index (χ1) is 14.4. The third-order valence-electron chi connectivity index (χ3n) is 5.06. The van der Waals surface area contributed by atoms with E-state index in [1.165, 1.54) is 0 Å². The van der Waals surface area contributed by atoms with E-state index in [0.29, 0.717) is 22.3 Å². The smallest absolute Gasteiger partial charge is 0.258 e. The second-order valence-electron chi connectivity index (χ2n) is 7.49. The molecule has 1 amide bonds. The molecule has 30 heavy (non-hydrogen) atoms. The predicted octanol–water partition coefficient (Wildman–Crippen LogP) is 3.47. The van der Waals surface area contributed by atoms with Crippen LogP contribution in [0.25, 0.3) is 16.6 Å². The fraction of sp³-hybridized carbons (Fsp3) is 0.217. The molecule has 0 saturated carbocycles. The highest BCUT2D eigenvalue weighted by molar-refractivity contribution is 5.94. The zero-order chi connectivity index (χ0) is 21.3. The van der Waals surface area contributed by atoms with Gasteiger partial charge < -0.3 is 9.88 Å². The molecule has 2 heterocycles. The van der Waals surface area contributed by atoms with Crippen molar-refractivity contribution in [1.29, 1.82) is 0 Å². The Balaban J connectivity index is 1.61. The number of benzene rings is 2. The van der Waals surface area contributed by atoms with Gasteiger partial charge in [0.25, 0.3) is 11.5 Å². The summed E-state index contributed by atoms with van der Waals surface area (Å²) in [5.74, 6) is 0.342. The van der Waals surface area contributed by atoms with Crippen LogP contribution in [-0.4, -0.2) is 36.6 Å². The van der Waals surface area contributed by atoms with Crippen LogP contribution >= 0.6 is 0 Å². The second-order valence-corrected chi connectivity index (χ2v) is 7.49. The lowest BCUT2D eigenvalue weighted by atomic mass is 10.1. The normalized spacial score (nSPS) is 11.2. The van der Waals surface area contributed by atoms with Crippen LogP contribution < -0.4 is 5.56 Å². The fourth-order valence-electron chi connectivity index (χ4n) is 3.41. The number of H-pyrrole nitrogens is 1. The number of hydrogen-bond acceptors (Lipinski definition) is 4. The van der Waals surface area contributed by atoms with Gasteiger partial charge in [0.05, 0.1) is 23.1 Å². The molecule has 7 nitrogen and oxygen atoms in total. The molecule has 4 rings (SSSR count). The van der Waals surface area contributed by atoms with Gasteiger partial charge in [0, 0.05) is 23.5 Å². The Hall–Kier alpha value is -3.74. The van der Waals surface area contributed by atoms with Crippen LogP contribution in [0.4, 0.5) is 0 Å². The highest BCUT2D eigenvalue weighted by Crippen LogP contribution is 2.16. The van der Waals surface area contributed by atoms with Crippen LogP contribution in [0.3, 0.4) is 0 Å². The molecule has 0 fully saturated rings. The van der Waals surface area contributed by atoms with Crippen molar-refractivity contribution in [2.75, 3.05) is 0 Å². The fourth-order valence-corrected chi connectivity index (χ4v) is 3.41. The van der Waals surface area contributed by atoms with Gasteiger partial charge in [-0.25, -0.2) is 9.67 Å². The van der Waals surface area contributed by atoms with Crippen molar-refractivity contribution in [3.05, 3.63) is 88.2 Å². The first kappa shape index (κ1) is 19.6. The van der Waals surface area contributed by atoms with E-state index in [1.807, 2.05) is 49.7 Å². The molecule has 2 aromatic carbocycles. The maximum Gasteiger partial charge on any atom is 0.258 e. The number of hydrogen-bond donors (Lipinski definition) is 1. The summed E-state index contributed by atoms with van der Waals surface area (Å²) in [5.41, 5.74) is 2.90. The minimum atomic E-state index is -0.203. The van der Waals surface area contributed by atoms with Gasteiger partial charge in [-0.15, -0.1) is 0 Å². The van der Waals surface area contributed by atoms with Crippen LogP contribution in [0.15, 0.2) is 65.6 Å². The minimum absolute atomic E-state index is 0.0673. The largest absolute Gasteiger partial charge is 0.329 e. The van der Waals surface area contributed by atoms with Gasteiger partial charge in [-0.3, -0.25) is 9.59 Å². The molecule has 0 aliphatic rings. The summed E-state index contributed by atoms with van der Waals surface area (Å²) in [6.07, 6.45) is 1.74. The SMILES string of the molecule is Cc1ccnn1-c1ccc(C(=O)N(Cc2nc3ccccc3c(=O)[nH]2)C(C)C)cc1. The van der Waals surface area contributed by atoms with E-state index >= 15 is 0 Å². The molecular weight excluding hydrogens is 378 g/mol. The summed E-state index contributed by atoms with van der Waals surface area (Å²) in [6, 6.07) is 16.4. The minimum Gasteiger partial charge on any atom is -0.329 e. The zero-order valence-corrected chi connectivity index (χ0v) is 17.2. The van der Waals surface area contributed by atoms with E-state index < -0.39 is 0 Å². The summed E-state index contributed by atoms with van der Waals surface area (Å²) >= 11 is 0. The summed E-state index contributed by atoms with van der Waals surface area (Å²) in [5, 5.41) is 4.83. The van der Waals surface area contributed by atoms with Crippen molar-refractivity contribution in [3.63, 3.8) is 0 Å². The van der Waals surface area contributed by atoms with Crippen LogP contribution in [0.1, 0.15) is 35.7 Å². The predicted molar refractivity (Wildman–Crippen MR) is 116 cm³/mol. The quantitative estimate of drug-likeness (QED) is 0.555. The maximum atomic E-state index is 13.2. The topological polar surface area (TPSA) is 83.9 Å². The van der Waals surface area contributed by atoms with E-state index in [1.54, 1.807) is 41.4 Å². The summed E-state index contributed by atoms with van der Waals surface area (Å²) in [7, 11) is 0. The van der Waals surface area contributed by atoms with Gasteiger partial charge in [-0.05, 0) is 63.2 Å². The molecular formula is C23H23N5O2. The first-order valence-electron chi connectivity index (χ1n) is 9.84. The number of nitrogens with one attached hydrogen (secondary N) is 1. The maximum absolute atomic E-state index is 13.2. The Morgan fingerprint density at radius 3 is 2.50 bits per heavy atom. The molecule has 1 N–H and O–H groups in total. The average Bonchev–Trinajstić information content (AvgIpc) is 3.17. The summed E-state index contributed by atoms with van der Waals surface area (Å²) < 4.78 is 1.82. The third-order valence-corrected chi connectivity index (χ3v) is 5.06. The Morgan fingerprint density at radius 2 is 1.83 bits per heavy atom. The van der Waals surface area contributed by atoms with Gasteiger partial charge in [-0.2, -0.15) is 5.10 Å². The van der Waals surface area contributed by atoms with E-state index in [4.69, 9.17) is 0 Å². The number of aryl methyl sites for hydroxylation is 1. The van der Waals surface area contributed by atoms with Crippen molar-refractivity contribution in [3.8, 4) is 5.69 Å². The van der Waals surface area contributed by atoms with Gasteiger partial charge in [0.1, 0.15) is 5.82 Å². The average molecular weight is 401 g/mol. The lowest BCUT2D eigenvalue weighted by molar-refractivity contribution is 0.0685. The standard InChI is InChI=1S/C23H23N5O2/c1-15(2)27(14-21-25-20-7-5-4-6-19(20)22(29)26-21)23(30)17-8-10-18(11-9-17)28-16(3)12-13-24-28/h4-13,15H,14H2,1-3H3,(H,25,26,29). The van der Waals surface area contributed by atoms with Crippen molar-refractivity contribution in [1.82, 2.24) is 24.6 Å². The molecule has 0 saturated heterocycles. The van der Waals surface area contributed by atoms with Crippen LogP contribution in [0.5, 0.6) is 0 Å². The number of amides is 1. The Bertz CT molecular complexity index is 1250. The van der Waals surface area contributed by atoms with Crippen molar-refractivity contribution < 1.29 is 4.79 Å². The summed E-state index contributed by atoms with van der Waals surface area (Å²) in [4.78, 5) is 34.6.